The van der Waals surface area contributed by atoms with Gasteiger partial charge in [0.05, 0.1) is 17.2 Å². The van der Waals surface area contributed by atoms with Crippen molar-refractivity contribution in [2.45, 2.75) is 65.5 Å². The van der Waals surface area contributed by atoms with E-state index in [9.17, 15) is 9.59 Å². The standard InChI is InChI=1S/C16H25N3O3/c1-4-9-19-11(3)14(10(2)18-19)15(20)17-13-7-5-12(6-8-13)16(21)22/h12-13H,4-9H2,1-3H3,(H,17,20)(H,21,22). The van der Waals surface area contributed by atoms with Gasteiger partial charge in [-0.3, -0.25) is 14.3 Å². The van der Waals surface area contributed by atoms with Gasteiger partial charge in [0.15, 0.2) is 0 Å². The van der Waals surface area contributed by atoms with Crippen LogP contribution in [0.15, 0.2) is 0 Å². The maximum absolute atomic E-state index is 12.5. The number of carbonyl (C=O) groups excluding carboxylic acids is 1. The topological polar surface area (TPSA) is 84.2 Å². The summed E-state index contributed by atoms with van der Waals surface area (Å²) in [6.07, 6.45) is 3.69. The fourth-order valence-electron chi connectivity index (χ4n) is 3.20. The van der Waals surface area contributed by atoms with Crippen LogP contribution in [-0.2, 0) is 11.3 Å². The maximum Gasteiger partial charge on any atom is 0.306 e. The highest BCUT2D eigenvalue weighted by molar-refractivity contribution is 5.96. The monoisotopic (exact) mass is 307 g/mol. The van der Waals surface area contributed by atoms with Crippen molar-refractivity contribution < 1.29 is 14.7 Å². The number of carbonyl (C=O) groups is 2. The minimum absolute atomic E-state index is 0.0661. The number of amides is 1. The number of aryl methyl sites for hydroxylation is 2. The largest absolute Gasteiger partial charge is 0.481 e. The van der Waals surface area contributed by atoms with Gasteiger partial charge in [-0.25, -0.2) is 0 Å². The Kier molecular flexibility index (Phi) is 5.21. The summed E-state index contributed by atoms with van der Waals surface area (Å²) in [5.74, 6) is -1.07. The third kappa shape index (κ3) is 3.48. The summed E-state index contributed by atoms with van der Waals surface area (Å²) in [5.41, 5.74) is 2.31. The second kappa shape index (κ2) is 6.94. The molecular weight excluding hydrogens is 282 g/mol. The number of aliphatic carboxylic acids is 1. The van der Waals surface area contributed by atoms with Gasteiger partial charge in [-0.15, -0.1) is 0 Å². The van der Waals surface area contributed by atoms with Gasteiger partial charge in [0, 0.05) is 18.3 Å². The summed E-state index contributed by atoms with van der Waals surface area (Å²) in [4.78, 5) is 23.5. The van der Waals surface area contributed by atoms with Gasteiger partial charge in [0.1, 0.15) is 0 Å². The van der Waals surface area contributed by atoms with E-state index in [0.717, 1.165) is 37.2 Å². The van der Waals surface area contributed by atoms with Crippen molar-refractivity contribution >= 4 is 11.9 Å². The molecule has 0 aromatic carbocycles. The number of rotatable bonds is 5. The number of aromatic nitrogens is 2. The van der Waals surface area contributed by atoms with Crippen molar-refractivity contribution in [1.29, 1.82) is 0 Å². The fraction of sp³-hybridized carbons (Fsp3) is 0.688. The minimum Gasteiger partial charge on any atom is -0.481 e. The van der Waals surface area contributed by atoms with Crippen molar-refractivity contribution in [2.75, 3.05) is 0 Å². The summed E-state index contributed by atoms with van der Waals surface area (Å²) in [6.45, 7) is 6.67. The lowest BCUT2D eigenvalue weighted by molar-refractivity contribution is -0.142. The summed E-state index contributed by atoms with van der Waals surface area (Å²) in [7, 11) is 0. The van der Waals surface area contributed by atoms with E-state index in [4.69, 9.17) is 5.11 Å². The van der Waals surface area contributed by atoms with Crippen molar-refractivity contribution in [3.8, 4) is 0 Å². The Bertz CT molecular complexity index is 557. The summed E-state index contributed by atoms with van der Waals surface area (Å²) < 4.78 is 1.88. The molecule has 1 fully saturated rings. The molecule has 1 saturated carbocycles. The smallest absolute Gasteiger partial charge is 0.306 e. The van der Waals surface area contributed by atoms with Crippen molar-refractivity contribution in [3.05, 3.63) is 17.0 Å². The number of carboxylic acid groups (broad SMARTS) is 1. The van der Waals surface area contributed by atoms with Gasteiger partial charge >= 0.3 is 5.97 Å². The van der Waals surface area contributed by atoms with Crippen LogP contribution in [0.25, 0.3) is 0 Å². The molecule has 1 aromatic rings. The lowest BCUT2D eigenvalue weighted by Gasteiger charge is -2.26. The molecule has 1 aliphatic carbocycles. The molecule has 22 heavy (non-hydrogen) atoms. The van der Waals surface area contributed by atoms with E-state index in [2.05, 4.69) is 17.3 Å². The first-order chi connectivity index (χ1) is 10.4. The van der Waals surface area contributed by atoms with Crippen LogP contribution in [0.3, 0.4) is 0 Å². The second-order valence-electron chi connectivity index (χ2n) is 6.13. The van der Waals surface area contributed by atoms with Crippen LogP contribution >= 0.6 is 0 Å². The van der Waals surface area contributed by atoms with Crippen LogP contribution in [0.5, 0.6) is 0 Å². The number of nitrogens with zero attached hydrogens (tertiary/aromatic N) is 2. The average Bonchev–Trinajstić information content (AvgIpc) is 2.74. The van der Waals surface area contributed by atoms with E-state index in [1.165, 1.54) is 0 Å². The number of hydrogen-bond acceptors (Lipinski definition) is 3. The van der Waals surface area contributed by atoms with Gasteiger partial charge in [-0.1, -0.05) is 6.92 Å². The molecule has 0 saturated heterocycles. The first-order valence-corrected chi connectivity index (χ1v) is 8.01. The zero-order valence-electron chi connectivity index (χ0n) is 13.6. The van der Waals surface area contributed by atoms with Crippen LogP contribution < -0.4 is 5.32 Å². The molecule has 2 rings (SSSR count). The maximum atomic E-state index is 12.5. The molecule has 1 aromatic heterocycles. The Balaban J connectivity index is 2.00. The van der Waals surface area contributed by atoms with Gasteiger partial charge in [0.25, 0.3) is 5.91 Å². The lowest BCUT2D eigenvalue weighted by Crippen LogP contribution is -2.39. The third-order valence-corrected chi connectivity index (χ3v) is 4.46. The Labute approximate surface area is 130 Å². The molecule has 1 aliphatic rings. The summed E-state index contributed by atoms with van der Waals surface area (Å²) in [6, 6.07) is 0.0661. The van der Waals surface area contributed by atoms with E-state index in [0.29, 0.717) is 18.4 Å². The highest BCUT2D eigenvalue weighted by Crippen LogP contribution is 2.25. The highest BCUT2D eigenvalue weighted by Gasteiger charge is 2.28. The summed E-state index contributed by atoms with van der Waals surface area (Å²) >= 11 is 0. The van der Waals surface area contributed by atoms with E-state index in [1.807, 2.05) is 18.5 Å². The molecule has 0 spiro atoms. The van der Waals surface area contributed by atoms with Crippen LogP contribution in [0.2, 0.25) is 0 Å². The zero-order valence-corrected chi connectivity index (χ0v) is 13.6. The SMILES string of the molecule is CCCn1nc(C)c(C(=O)NC2CCC(C(=O)O)CC2)c1C. The summed E-state index contributed by atoms with van der Waals surface area (Å²) in [5, 5.41) is 16.5. The molecule has 0 bridgehead atoms. The minimum atomic E-state index is -0.725. The molecule has 0 atom stereocenters. The normalized spacial score (nSPS) is 21.6. The number of hydrogen-bond donors (Lipinski definition) is 2. The average molecular weight is 307 g/mol. The predicted octanol–water partition coefficient (Wildman–Crippen LogP) is 2.28. The molecule has 0 radical (unpaired) electrons. The first-order valence-electron chi connectivity index (χ1n) is 8.01. The van der Waals surface area contributed by atoms with Crippen molar-refractivity contribution in [3.63, 3.8) is 0 Å². The van der Waals surface area contributed by atoms with Crippen LogP contribution in [0, 0.1) is 19.8 Å². The second-order valence-corrected chi connectivity index (χ2v) is 6.13. The molecule has 122 valence electrons. The molecule has 2 N–H and O–H groups in total. The zero-order chi connectivity index (χ0) is 16.3. The molecule has 0 aliphatic heterocycles. The molecule has 6 heteroatoms. The molecule has 1 heterocycles. The molecular formula is C16H25N3O3. The van der Waals surface area contributed by atoms with Gasteiger partial charge in [-0.2, -0.15) is 5.10 Å². The van der Waals surface area contributed by atoms with Gasteiger partial charge in [0.2, 0.25) is 0 Å². The molecule has 6 nitrogen and oxygen atoms in total. The van der Waals surface area contributed by atoms with Crippen LogP contribution in [0.4, 0.5) is 0 Å². The molecule has 0 unspecified atom stereocenters. The van der Waals surface area contributed by atoms with Gasteiger partial charge in [-0.05, 0) is 46.0 Å². The first kappa shape index (κ1) is 16.5. The van der Waals surface area contributed by atoms with Crippen LogP contribution in [0.1, 0.15) is 60.8 Å². The van der Waals surface area contributed by atoms with Crippen molar-refractivity contribution in [2.24, 2.45) is 5.92 Å². The number of nitrogens with one attached hydrogen (secondary N) is 1. The third-order valence-electron chi connectivity index (χ3n) is 4.46. The number of carboxylic acids is 1. The predicted molar refractivity (Wildman–Crippen MR) is 82.8 cm³/mol. The van der Waals surface area contributed by atoms with E-state index in [1.54, 1.807) is 0 Å². The van der Waals surface area contributed by atoms with Crippen LogP contribution in [-0.4, -0.2) is 32.8 Å². The molecule has 1 amide bonds. The highest BCUT2D eigenvalue weighted by atomic mass is 16.4. The van der Waals surface area contributed by atoms with E-state index in [-0.39, 0.29) is 17.9 Å². The van der Waals surface area contributed by atoms with E-state index < -0.39 is 5.97 Å². The Hall–Kier alpha value is -1.85. The fourth-order valence-corrected chi connectivity index (χ4v) is 3.20. The quantitative estimate of drug-likeness (QED) is 0.874. The Morgan fingerprint density at radius 2 is 1.91 bits per heavy atom. The Morgan fingerprint density at radius 1 is 1.27 bits per heavy atom. The van der Waals surface area contributed by atoms with E-state index >= 15 is 0 Å². The Morgan fingerprint density at radius 3 is 2.45 bits per heavy atom. The van der Waals surface area contributed by atoms with Crippen molar-refractivity contribution in [1.82, 2.24) is 15.1 Å². The van der Waals surface area contributed by atoms with Gasteiger partial charge < -0.3 is 10.4 Å². The lowest BCUT2D eigenvalue weighted by atomic mass is 9.86.